The fraction of sp³-hybridized carbons (Fsp3) is 0.182. The molecule has 0 aliphatic rings. The van der Waals surface area contributed by atoms with Crippen molar-refractivity contribution in [3.05, 3.63) is 48.5 Å². The Labute approximate surface area is 88.0 Å². The number of imidazole rings is 1. The highest BCUT2D eigenvalue weighted by atomic mass is 32.2. The Hall–Kier alpha value is -1.22. The highest BCUT2D eigenvalue weighted by Crippen LogP contribution is 2.14. The van der Waals surface area contributed by atoms with Gasteiger partial charge in [0.2, 0.25) is 0 Å². The molecule has 2 nitrogen and oxygen atoms in total. The van der Waals surface area contributed by atoms with Gasteiger partial charge < -0.3 is 4.57 Å². The summed E-state index contributed by atoms with van der Waals surface area (Å²) in [7, 11) is 0. The summed E-state index contributed by atoms with van der Waals surface area (Å²) in [5, 5.41) is 0. The van der Waals surface area contributed by atoms with Gasteiger partial charge in [0.1, 0.15) is 0 Å². The number of hydrogen-bond acceptors (Lipinski definition) is 2. The van der Waals surface area contributed by atoms with Gasteiger partial charge in [-0.15, -0.1) is 0 Å². The molecule has 0 saturated heterocycles. The lowest BCUT2D eigenvalue weighted by Crippen LogP contribution is -1.90. The summed E-state index contributed by atoms with van der Waals surface area (Å²) in [6.07, 6.45) is 7.68. The lowest BCUT2D eigenvalue weighted by atomic mass is 10.2. The van der Waals surface area contributed by atoms with Gasteiger partial charge in [-0.1, -0.05) is 12.1 Å². The van der Waals surface area contributed by atoms with Crippen LogP contribution < -0.4 is 0 Å². The molecule has 0 bridgehead atoms. The van der Waals surface area contributed by atoms with Crippen molar-refractivity contribution in [3.63, 3.8) is 0 Å². The molecule has 0 fully saturated rings. The smallest absolute Gasteiger partial charge is 0.0991 e. The minimum atomic E-state index is 1.06. The molecule has 14 heavy (non-hydrogen) atoms. The van der Waals surface area contributed by atoms with Crippen molar-refractivity contribution in [1.29, 1.82) is 0 Å². The van der Waals surface area contributed by atoms with Gasteiger partial charge >= 0.3 is 0 Å². The van der Waals surface area contributed by atoms with Crippen LogP contribution in [0, 0.1) is 0 Å². The highest BCUT2D eigenvalue weighted by molar-refractivity contribution is 7.97. The molecule has 2 rings (SSSR count). The molecule has 0 saturated carbocycles. The standard InChI is InChI=1S/C11H12N2S/c1-14-8-10-3-2-4-11(7-10)13-6-5-12-9-13/h2-7,9H,8H2,1H3. The Morgan fingerprint density at radius 2 is 2.36 bits per heavy atom. The molecule has 3 heteroatoms. The quantitative estimate of drug-likeness (QED) is 0.765. The average Bonchev–Trinajstić information content (AvgIpc) is 2.71. The Bertz CT molecular complexity index is 395. The Kier molecular flexibility index (Phi) is 2.89. The van der Waals surface area contributed by atoms with E-state index in [4.69, 9.17) is 0 Å². The molecule has 72 valence electrons. The Morgan fingerprint density at radius 1 is 1.43 bits per heavy atom. The zero-order valence-corrected chi connectivity index (χ0v) is 8.87. The van der Waals surface area contributed by atoms with Crippen molar-refractivity contribution in [2.24, 2.45) is 0 Å². The summed E-state index contributed by atoms with van der Waals surface area (Å²) < 4.78 is 2.02. The SMILES string of the molecule is CSCc1cccc(-n2ccnc2)c1. The monoisotopic (exact) mass is 204 g/mol. The van der Waals surface area contributed by atoms with Crippen LogP contribution in [-0.2, 0) is 5.75 Å². The first-order valence-electron chi connectivity index (χ1n) is 4.46. The van der Waals surface area contributed by atoms with Crippen molar-refractivity contribution in [1.82, 2.24) is 9.55 Å². The van der Waals surface area contributed by atoms with E-state index in [9.17, 15) is 0 Å². The highest BCUT2D eigenvalue weighted by Gasteiger charge is 1.96. The molecule has 0 unspecified atom stereocenters. The molecule has 0 spiro atoms. The number of hydrogen-bond donors (Lipinski definition) is 0. The van der Waals surface area contributed by atoms with E-state index < -0.39 is 0 Å². The van der Waals surface area contributed by atoms with Crippen molar-refractivity contribution in [2.45, 2.75) is 5.75 Å². The van der Waals surface area contributed by atoms with E-state index in [-0.39, 0.29) is 0 Å². The summed E-state index contributed by atoms with van der Waals surface area (Å²) in [5.41, 5.74) is 2.53. The van der Waals surface area contributed by atoms with Crippen LogP contribution in [0.25, 0.3) is 5.69 Å². The first kappa shape index (κ1) is 9.34. The Balaban J connectivity index is 2.31. The number of aromatic nitrogens is 2. The zero-order valence-electron chi connectivity index (χ0n) is 8.05. The number of nitrogens with zero attached hydrogens (tertiary/aromatic N) is 2. The van der Waals surface area contributed by atoms with Gasteiger partial charge in [-0.25, -0.2) is 4.98 Å². The topological polar surface area (TPSA) is 17.8 Å². The van der Waals surface area contributed by atoms with Gasteiger partial charge in [-0.3, -0.25) is 0 Å². The fourth-order valence-electron chi connectivity index (χ4n) is 1.39. The second-order valence-corrected chi connectivity index (χ2v) is 3.94. The van der Waals surface area contributed by atoms with Crippen LogP contribution in [0.3, 0.4) is 0 Å². The predicted molar refractivity (Wildman–Crippen MR) is 60.8 cm³/mol. The van der Waals surface area contributed by atoms with Crippen LogP contribution >= 0.6 is 11.8 Å². The largest absolute Gasteiger partial charge is 0.306 e. The molecule has 0 aliphatic carbocycles. The van der Waals surface area contributed by atoms with E-state index in [0.717, 1.165) is 5.75 Å². The maximum atomic E-state index is 4.03. The second kappa shape index (κ2) is 4.33. The van der Waals surface area contributed by atoms with Crippen LogP contribution in [0.1, 0.15) is 5.56 Å². The van der Waals surface area contributed by atoms with Crippen molar-refractivity contribution < 1.29 is 0 Å². The molecule has 0 amide bonds. The summed E-state index contributed by atoms with van der Waals surface area (Å²) in [4.78, 5) is 4.03. The zero-order chi connectivity index (χ0) is 9.80. The molecule has 1 heterocycles. The summed E-state index contributed by atoms with van der Waals surface area (Å²) in [6.45, 7) is 0. The Morgan fingerprint density at radius 3 is 3.07 bits per heavy atom. The molecule has 0 N–H and O–H groups in total. The van der Waals surface area contributed by atoms with Crippen molar-refractivity contribution in [3.8, 4) is 5.69 Å². The van der Waals surface area contributed by atoms with E-state index in [2.05, 4.69) is 35.5 Å². The van der Waals surface area contributed by atoms with E-state index in [1.165, 1.54) is 11.3 Å². The van der Waals surface area contributed by atoms with Gasteiger partial charge in [0.15, 0.2) is 0 Å². The molecule has 2 aromatic rings. The molecule has 0 aliphatic heterocycles. The third-order valence-electron chi connectivity index (χ3n) is 2.02. The van der Waals surface area contributed by atoms with Gasteiger partial charge in [0, 0.05) is 23.8 Å². The van der Waals surface area contributed by atoms with Gasteiger partial charge in [-0.05, 0) is 24.0 Å². The molecular formula is C11H12N2S. The number of thioether (sulfide) groups is 1. The lowest BCUT2D eigenvalue weighted by molar-refractivity contribution is 1.05. The van der Waals surface area contributed by atoms with E-state index in [0.29, 0.717) is 0 Å². The normalized spacial score (nSPS) is 10.4. The molecule has 1 aromatic carbocycles. The minimum absolute atomic E-state index is 1.06. The number of benzene rings is 1. The van der Waals surface area contributed by atoms with Crippen LogP contribution in [0.15, 0.2) is 43.0 Å². The predicted octanol–water partition coefficient (Wildman–Crippen LogP) is 2.74. The van der Waals surface area contributed by atoms with Gasteiger partial charge in [-0.2, -0.15) is 11.8 Å². The molecular weight excluding hydrogens is 192 g/mol. The van der Waals surface area contributed by atoms with E-state index in [1.807, 2.05) is 28.9 Å². The lowest BCUT2D eigenvalue weighted by Gasteiger charge is -2.04. The third kappa shape index (κ3) is 1.99. The first-order valence-corrected chi connectivity index (χ1v) is 5.86. The van der Waals surface area contributed by atoms with Gasteiger partial charge in [0.05, 0.1) is 6.33 Å². The summed E-state index contributed by atoms with van der Waals surface area (Å²) in [5.74, 6) is 1.06. The van der Waals surface area contributed by atoms with Crippen LogP contribution in [0.5, 0.6) is 0 Å². The summed E-state index contributed by atoms with van der Waals surface area (Å²) in [6, 6.07) is 8.52. The van der Waals surface area contributed by atoms with Gasteiger partial charge in [0.25, 0.3) is 0 Å². The molecule has 1 aromatic heterocycles. The minimum Gasteiger partial charge on any atom is -0.306 e. The van der Waals surface area contributed by atoms with Crippen molar-refractivity contribution in [2.75, 3.05) is 6.26 Å². The maximum Gasteiger partial charge on any atom is 0.0991 e. The molecule has 0 atom stereocenters. The third-order valence-corrected chi connectivity index (χ3v) is 2.65. The maximum absolute atomic E-state index is 4.03. The first-order chi connectivity index (χ1) is 6.90. The fourth-order valence-corrected chi connectivity index (χ4v) is 1.90. The van der Waals surface area contributed by atoms with Crippen LogP contribution in [0.4, 0.5) is 0 Å². The number of rotatable bonds is 3. The second-order valence-electron chi connectivity index (χ2n) is 3.07. The van der Waals surface area contributed by atoms with E-state index in [1.54, 1.807) is 6.20 Å². The van der Waals surface area contributed by atoms with Crippen molar-refractivity contribution >= 4 is 11.8 Å². The van der Waals surface area contributed by atoms with Crippen LogP contribution in [0.2, 0.25) is 0 Å². The molecule has 0 radical (unpaired) electrons. The summed E-state index contributed by atoms with van der Waals surface area (Å²) >= 11 is 1.84. The van der Waals surface area contributed by atoms with E-state index >= 15 is 0 Å². The van der Waals surface area contributed by atoms with Crippen LogP contribution in [-0.4, -0.2) is 15.8 Å². The average molecular weight is 204 g/mol.